The van der Waals surface area contributed by atoms with Crippen LogP contribution in [0.25, 0.3) is 0 Å². The number of morpholine rings is 1. The molecule has 1 aromatic carbocycles. The summed E-state index contributed by atoms with van der Waals surface area (Å²) in [5.74, 6) is 0.145. The van der Waals surface area contributed by atoms with Crippen LogP contribution >= 0.6 is 11.6 Å². The number of amides is 3. The summed E-state index contributed by atoms with van der Waals surface area (Å²) in [6.07, 6.45) is 0.00948. The van der Waals surface area contributed by atoms with Gasteiger partial charge in [0.1, 0.15) is 0 Å². The van der Waals surface area contributed by atoms with Gasteiger partial charge in [-0.15, -0.1) is 0 Å². The van der Waals surface area contributed by atoms with Gasteiger partial charge in [0.2, 0.25) is 0 Å². The summed E-state index contributed by atoms with van der Waals surface area (Å²) in [5.41, 5.74) is 0.955. The van der Waals surface area contributed by atoms with Crippen molar-refractivity contribution >= 4 is 29.2 Å². The SMILES string of the molecule is CC(C)CNC(=O)c1ccc(NC(=O)N2CC(C)OC(C)C2)cc1Cl. The van der Waals surface area contributed by atoms with Crippen molar-refractivity contribution in [2.24, 2.45) is 5.92 Å². The predicted molar refractivity (Wildman–Crippen MR) is 99.2 cm³/mol. The monoisotopic (exact) mass is 367 g/mol. The van der Waals surface area contributed by atoms with E-state index < -0.39 is 0 Å². The van der Waals surface area contributed by atoms with Crippen molar-refractivity contribution in [2.75, 3.05) is 25.0 Å². The summed E-state index contributed by atoms with van der Waals surface area (Å²) < 4.78 is 5.63. The van der Waals surface area contributed by atoms with E-state index in [4.69, 9.17) is 16.3 Å². The quantitative estimate of drug-likeness (QED) is 0.857. The van der Waals surface area contributed by atoms with Crippen LogP contribution in [0.2, 0.25) is 5.02 Å². The summed E-state index contributed by atoms with van der Waals surface area (Å²) >= 11 is 6.21. The number of carbonyl (C=O) groups excluding carboxylic acids is 2. The smallest absolute Gasteiger partial charge is 0.322 e. The molecule has 2 N–H and O–H groups in total. The van der Waals surface area contributed by atoms with Gasteiger partial charge in [-0.3, -0.25) is 4.79 Å². The average Bonchev–Trinajstić information content (AvgIpc) is 2.51. The van der Waals surface area contributed by atoms with E-state index in [1.165, 1.54) is 0 Å². The van der Waals surface area contributed by atoms with Crippen molar-refractivity contribution in [2.45, 2.75) is 39.9 Å². The number of ether oxygens (including phenoxy) is 1. The zero-order valence-electron chi connectivity index (χ0n) is 15.1. The van der Waals surface area contributed by atoms with Gasteiger partial charge < -0.3 is 20.3 Å². The number of hydrogen-bond acceptors (Lipinski definition) is 3. The molecule has 3 amide bonds. The maximum absolute atomic E-state index is 12.4. The molecule has 1 fully saturated rings. The summed E-state index contributed by atoms with van der Waals surface area (Å²) in [5, 5.41) is 5.96. The molecule has 0 aromatic heterocycles. The van der Waals surface area contributed by atoms with Gasteiger partial charge in [-0.05, 0) is 38.0 Å². The first-order valence-electron chi connectivity index (χ1n) is 8.55. The zero-order valence-corrected chi connectivity index (χ0v) is 15.9. The number of anilines is 1. The van der Waals surface area contributed by atoms with Gasteiger partial charge in [0.25, 0.3) is 5.91 Å². The number of nitrogens with one attached hydrogen (secondary N) is 2. The Morgan fingerprint density at radius 1 is 1.28 bits per heavy atom. The Morgan fingerprint density at radius 3 is 2.48 bits per heavy atom. The third-order valence-electron chi connectivity index (χ3n) is 3.84. The van der Waals surface area contributed by atoms with Gasteiger partial charge in [0.15, 0.2) is 0 Å². The van der Waals surface area contributed by atoms with E-state index in [2.05, 4.69) is 10.6 Å². The Balaban J connectivity index is 2.00. The number of nitrogens with zero attached hydrogens (tertiary/aromatic N) is 1. The summed E-state index contributed by atoms with van der Waals surface area (Å²) in [6.45, 7) is 9.59. The second-order valence-corrected chi connectivity index (χ2v) is 7.30. The van der Waals surface area contributed by atoms with Crippen molar-refractivity contribution in [3.05, 3.63) is 28.8 Å². The van der Waals surface area contributed by atoms with Gasteiger partial charge in [0, 0.05) is 25.3 Å². The van der Waals surface area contributed by atoms with E-state index in [0.717, 1.165) is 0 Å². The third-order valence-corrected chi connectivity index (χ3v) is 4.16. The van der Waals surface area contributed by atoms with Crippen LogP contribution in [0.4, 0.5) is 10.5 Å². The summed E-state index contributed by atoms with van der Waals surface area (Å²) in [4.78, 5) is 26.2. The zero-order chi connectivity index (χ0) is 18.6. The van der Waals surface area contributed by atoms with E-state index in [9.17, 15) is 9.59 Å². The van der Waals surface area contributed by atoms with Crippen LogP contribution in [0.5, 0.6) is 0 Å². The Morgan fingerprint density at radius 2 is 1.92 bits per heavy atom. The van der Waals surface area contributed by atoms with Crippen LogP contribution < -0.4 is 10.6 Å². The summed E-state index contributed by atoms with van der Waals surface area (Å²) in [7, 11) is 0. The van der Waals surface area contributed by atoms with Crippen molar-refractivity contribution in [1.82, 2.24) is 10.2 Å². The van der Waals surface area contributed by atoms with Crippen LogP contribution in [-0.4, -0.2) is 48.7 Å². The molecule has 0 radical (unpaired) electrons. The fourth-order valence-corrected chi connectivity index (χ4v) is 2.98. The minimum Gasteiger partial charge on any atom is -0.372 e. The van der Waals surface area contributed by atoms with E-state index in [-0.39, 0.29) is 24.1 Å². The molecular formula is C18H26ClN3O3. The topological polar surface area (TPSA) is 70.7 Å². The molecule has 2 unspecified atom stereocenters. The van der Waals surface area contributed by atoms with E-state index in [1.54, 1.807) is 23.1 Å². The molecule has 0 aliphatic carbocycles. The number of rotatable bonds is 4. The van der Waals surface area contributed by atoms with Crippen molar-refractivity contribution in [3.8, 4) is 0 Å². The number of benzene rings is 1. The first-order chi connectivity index (χ1) is 11.8. The number of halogens is 1. The molecule has 0 saturated carbocycles. The Bertz CT molecular complexity index is 626. The Hall–Kier alpha value is -1.79. The van der Waals surface area contributed by atoms with E-state index >= 15 is 0 Å². The van der Waals surface area contributed by atoms with Gasteiger partial charge in [-0.25, -0.2) is 4.79 Å². The maximum Gasteiger partial charge on any atom is 0.322 e. The fraction of sp³-hybridized carbons (Fsp3) is 0.556. The first kappa shape index (κ1) is 19.5. The van der Waals surface area contributed by atoms with Crippen LogP contribution in [0.1, 0.15) is 38.1 Å². The van der Waals surface area contributed by atoms with Crippen molar-refractivity contribution < 1.29 is 14.3 Å². The number of carbonyl (C=O) groups is 2. The molecular weight excluding hydrogens is 342 g/mol. The second kappa shape index (κ2) is 8.54. The molecule has 1 aliphatic rings. The van der Waals surface area contributed by atoms with E-state index in [0.29, 0.717) is 41.8 Å². The molecule has 0 spiro atoms. The second-order valence-electron chi connectivity index (χ2n) is 6.89. The minimum absolute atomic E-state index is 0.00474. The highest BCUT2D eigenvalue weighted by atomic mass is 35.5. The largest absolute Gasteiger partial charge is 0.372 e. The van der Waals surface area contributed by atoms with E-state index in [1.807, 2.05) is 27.7 Å². The standard InChI is InChI=1S/C18H26ClN3O3/c1-11(2)8-20-17(23)15-6-5-14(7-16(15)19)21-18(24)22-9-12(3)25-13(4)10-22/h5-7,11-13H,8-10H2,1-4H3,(H,20,23)(H,21,24). The molecule has 25 heavy (non-hydrogen) atoms. The fourth-order valence-electron chi connectivity index (χ4n) is 2.72. The van der Waals surface area contributed by atoms with Crippen LogP contribution in [-0.2, 0) is 4.74 Å². The van der Waals surface area contributed by atoms with Crippen LogP contribution in [0, 0.1) is 5.92 Å². The molecule has 2 atom stereocenters. The van der Waals surface area contributed by atoms with Gasteiger partial charge >= 0.3 is 6.03 Å². The van der Waals surface area contributed by atoms with Crippen molar-refractivity contribution in [3.63, 3.8) is 0 Å². The van der Waals surface area contributed by atoms with Gasteiger partial charge in [-0.1, -0.05) is 25.4 Å². The number of hydrogen-bond donors (Lipinski definition) is 2. The third kappa shape index (κ3) is 5.61. The molecule has 1 saturated heterocycles. The van der Waals surface area contributed by atoms with Crippen LogP contribution in [0.3, 0.4) is 0 Å². The Kier molecular flexibility index (Phi) is 6.67. The summed E-state index contributed by atoms with van der Waals surface area (Å²) in [6, 6.07) is 4.70. The average molecular weight is 368 g/mol. The molecule has 1 heterocycles. The molecule has 7 heteroatoms. The normalized spacial score (nSPS) is 20.5. The first-order valence-corrected chi connectivity index (χ1v) is 8.93. The molecule has 1 aromatic rings. The molecule has 1 aliphatic heterocycles. The van der Waals surface area contributed by atoms with Crippen LogP contribution in [0.15, 0.2) is 18.2 Å². The highest BCUT2D eigenvalue weighted by Gasteiger charge is 2.26. The van der Waals surface area contributed by atoms with Gasteiger partial charge in [0.05, 0.1) is 22.8 Å². The molecule has 0 bridgehead atoms. The maximum atomic E-state index is 12.4. The lowest BCUT2D eigenvalue weighted by molar-refractivity contribution is -0.0530. The minimum atomic E-state index is -0.215. The molecule has 6 nitrogen and oxygen atoms in total. The highest BCUT2D eigenvalue weighted by Crippen LogP contribution is 2.22. The van der Waals surface area contributed by atoms with Gasteiger partial charge in [-0.2, -0.15) is 0 Å². The predicted octanol–water partition coefficient (Wildman–Crippen LogP) is 3.37. The lowest BCUT2D eigenvalue weighted by atomic mass is 10.1. The number of urea groups is 1. The lowest BCUT2D eigenvalue weighted by Crippen LogP contribution is -2.49. The lowest BCUT2D eigenvalue weighted by Gasteiger charge is -2.35. The molecule has 2 rings (SSSR count). The molecule has 138 valence electrons. The highest BCUT2D eigenvalue weighted by molar-refractivity contribution is 6.34. The Labute approximate surface area is 153 Å². The van der Waals surface area contributed by atoms with Crippen molar-refractivity contribution in [1.29, 1.82) is 0 Å².